The summed E-state index contributed by atoms with van der Waals surface area (Å²) in [7, 11) is 0. The second kappa shape index (κ2) is 2.12. The lowest BCUT2D eigenvalue weighted by Crippen LogP contribution is -2.04. The summed E-state index contributed by atoms with van der Waals surface area (Å²) in [5.74, 6) is 0. The zero-order valence-corrected chi connectivity index (χ0v) is 5.65. The molecule has 0 bridgehead atoms. The predicted molar refractivity (Wildman–Crippen MR) is 37.0 cm³/mol. The number of alkyl halides is 2. The average molecular weight is 148 g/mol. The van der Waals surface area contributed by atoms with E-state index in [0.717, 1.165) is 0 Å². The summed E-state index contributed by atoms with van der Waals surface area (Å²) in [6.07, 6.45) is 8.95. The van der Waals surface area contributed by atoms with Crippen LogP contribution in [0, 0.1) is 6.42 Å². The standard InChI is InChI=1S/C6H5Cl2/c7-6(8)4-2-1-3-5-6/h1-5H. The first-order valence-corrected chi connectivity index (χ1v) is 3.04. The third-order valence-corrected chi connectivity index (χ3v) is 1.36. The maximum atomic E-state index is 5.64. The molecule has 0 saturated heterocycles. The van der Waals surface area contributed by atoms with Crippen LogP contribution in [0.25, 0.3) is 0 Å². The van der Waals surface area contributed by atoms with Gasteiger partial charge in [0.1, 0.15) is 0 Å². The highest BCUT2D eigenvalue weighted by Gasteiger charge is 2.15. The van der Waals surface area contributed by atoms with Gasteiger partial charge in [-0.05, 0) is 12.2 Å². The van der Waals surface area contributed by atoms with Gasteiger partial charge in [0.15, 0.2) is 4.33 Å². The van der Waals surface area contributed by atoms with Crippen LogP contribution in [-0.2, 0) is 0 Å². The lowest BCUT2D eigenvalue weighted by Gasteiger charge is -2.10. The van der Waals surface area contributed by atoms with Crippen LogP contribution < -0.4 is 0 Å². The molecule has 0 aliphatic heterocycles. The summed E-state index contributed by atoms with van der Waals surface area (Å²) in [4.78, 5) is 0. The first kappa shape index (κ1) is 6.18. The molecule has 0 fully saturated rings. The van der Waals surface area contributed by atoms with Crippen LogP contribution >= 0.6 is 23.2 Å². The Bertz CT molecular complexity index is 119. The zero-order valence-electron chi connectivity index (χ0n) is 4.14. The van der Waals surface area contributed by atoms with E-state index in [4.69, 9.17) is 23.2 Å². The molecule has 1 aliphatic rings. The van der Waals surface area contributed by atoms with Crippen molar-refractivity contribution in [3.8, 4) is 0 Å². The Morgan fingerprint density at radius 2 is 1.50 bits per heavy atom. The first-order valence-electron chi connectivity index (χ1n) is 2.29. The van der Waals surface area contributed by atoms with Gasteiger partial charge < -0.3 is 0 Å². The number of hydrogen-bond acceptors (Lipinski definition) is 0. The number of hydrogen-bond donors (Lipinski definition) is 0. The van der Waals surface area contributed by atoms with Gasteiger partial charge in [0.2, 0.25) is 0 Å². The molecule has 0 aromatic rings. The second-order valence-corrected chi connectivity index (χ2v) is 3.03. The number of allylic oxidation sites excluding steroid dienone is 4. The fraction of sp³-hybridized carbons (Fsp3) is 0.167. The molecular formula is C6H5Cl2. The maximum absolute atomic E-state index is 5.64. The van der Waals surface area contributed by atoms with Crippen molar-refractivity contribution in [3.63, 3.8) is 0 Å². The van der Waals surface area contributed by atoms with Crippen LogP contribution in [0.15, 0.2) is 24.3 Å². The first-order chi connectivity index (χ1) is 3.71. The Morgan fingerprint density at radius 1 is 1.00 bits per heavy atom. The van der Waals surface area contributed by atoms with Gasteiger partial charge in [0, 0.05) is 6.42 Å². The Balaban J connectivity index is 2.69. The quantitative estimate of drug-likeness (QED) is 0.463. The highest BCUT2D eigenvalue weighted by Crippen LogP contribution is 2.26. The Kier molecular flexibility index (Phi) is 1.64. The van der Waals surface area contributed by atoms with Crippen LogP contribution in [0.3, 0.4) is 0 Å². The summed E-state index contributed by atoms with van der Waals surface area (Å²) in [5, 5.41) is 0. The summed E-state index contributed by atoms with van der Waals surface area (Å²) in [6, 6.07) is 0. The zero-order chi connectivity index (χ0) is 6.04. The van der Waals surface area contributed by atoms with Crippen molar-refractivity contribution in [1.82, 2.24) is 0 Å². The molecule has 0 spiro atoms. The molecule has 0 nitrogen and oxygen atoms in total. The van der Waals surface area contributed by atoms with E-state index in [0.29, 0.717) is 0 Å². The Hall–Kier alpha value is 0.0600. The largest absolute Gasteiger partial charge is 0.154 e. The van der Waals surface area contributed by atoms with Gasteiger partial charge in [-0.1, -0.05) is 35.4 Å². The monoisotopic (exact) mass is 147 g/mol. The normalized spacial score (nSPS) is 23.8. The molecule has 43 valence electrons. The van der Waals surface area contributed by atoms with Crippen molar-refractivity contribution in [2.45, 2.75) is 4.33 Å². The SMILES string of the molecule is ClC1(Cl)C=C[CH]C=C1. The summed E-state index contributed by atoms with van der Waals surface area (Å²) in [6.45, 7) is 0. The fourth-order valence-electron chi connectivity index (χ4n) is 0.487. The van der Waals surface area contributed by atoms with Crippen LogP contribution in [-0.4, -0.2) is 4.33 Å². The van der Waals surface area contributed by atoms with E-state index in [1.807, 2.05) is 18.6 Å². The molecule has 1 radical (unpaired) electrons. The van der Waals surface area contributed by atoms with E-state index in [1.165, 1.54) is 0 Å². The van der Waals surface area contributed by atoms with Gasteiger partial charge in [0.25, 0.3) is 0 Å². The van der Waals surface area contributed by atoms with E-state index in [9.17, 15) is 0 Å². The van der Waals surface area contributed by atoms with Crippen molar-refractivity contribution in [2.24, 2.45) is 0 Å². The Labute approximate surface area is 58.8 Å². The molecule has 0 amide bonds. The highest BCUT2D eigenvalue weighted by molar-refractivity contribution is 6.51. The van der Waals surface area contributed by atoms with Gasteiger partial charge in [0.05, 0.1) is 0 Å². The predicted octanol–water partition coefficient (Wildman–Crippen LogP) is 2.49. The van der Waals surface area contributed by atoms with E-state index < -0.39 is 4.33 Å². The summed E-state index contributed by atoms with van der Waals surface area (Å²) in [5.41, 5.74) is 0. The van der Waals surface area contributed by atoms with Crippen LogP contribution in [0.1, 0.15) is 0 Å². The van der Waals surface area contributed by atoms with Crippen molar-refractivity contribution >= 4 is 23.2 Å². The van der Waals surface area contributed by atoms with Crippen molar-refractivity contribution in [3.05, 3.63) is 30.7 Å². The molecule has 8 heavy (non-hydrogen) atoms. The molecule has 0 N–H and O–H groups in total. The molecule has 0 saturated carbocycles. The lowest BCUT2D eigenvalue weighted by atomic mass is 10.2. The van der Waals surface area contributed by atoms with Crippen molar-refractivity contribution in [1.29, 1.82) is 0 Å². The smallest absolute Gasteiger partial charge is 0.0923 e. The van der Waals surface area contributed by atoms with E-state index >= 15 is 0 Å². The van der Waals surface area contributed by atoms with Crippen molar-refractivity contribution < 1.29 is 0 Å². The highest BCUT2D eigenvalue weighted by atomic mass is 35.5. The number of halogens is 2. The minimum Gasteiger partial charge on any atom is -0.0923 e. The van der Waals surface area contributed by atoms with Gasteiger partial charge in [-0.3, -0.25) is 0 Å². The summed E-state index contributed by atoms with van der Waals surface area (Å²) < 4.78 is -0.769. The molecule has 1 rings (SSSR count). The van der Waals surface area contributed by atoms with Gasteiger partial charge >= 0.3 is 0 Å². The second-order valence-electron chi connectivity index (χ2n) is 1.59. The third kappa shape index (κ3) is 1.53. The lowest BCUT2D eigenvalue weighted by molar-refractivity contribution is 1.24. The maximum Gasteiger partial charge on any atom is 0.154 e. The van der Waals surface area contributed by atoms with E-state index in [-0.39, 0.29) is 0 Å². The van der Waals surface area contributed by atoms with Gasteiger partial charge in [-0.15, -0.1) is 0 Å². The molecule has 0 atom stereocenters. The van der Waals surface area contributed by atoms with Crippen LogP contribution in [0.2, 0.25) is 0 Å². The molecular weight excluding hydrogens is 143 g/mol. The topological polar surface area (TPSA) is 0 Å². The van der Waals surface area contributed by atoms with E-state index in [1.54, 1.807) is 12.2 Å². The van der Waals surface area contributed by atoms with Crippen molar-refractivity contribution in [2.75, 3.05) is 0 Å². The fourth-order valence-corrected chi connectivity index (χ4v) is 0.778. The average Bonchev–Trinajstić information content (AvgIpc) is 1.65. The molecule has 1 aliphatic carbocycles. The molecule has 0 aromatic heterocycles. The molecule has 2 heteroatoms. The summed E-state index contributed by atoms with van der Waals surface area (Å²) >= 11 is 11.3. The molecule has 0 unspecified atom stereocenters. The van der Waals surface area contributed by atoms with Gasteiger partial charge in [-0.2, -0.15) is 0 Å². The molecule has 0 aromatic carbocycles. The van der Waals surface area contributed by atoms with Gasteiger partial charge in [-0.25, -0.2) is 0 Å². The number of rotatable bonds is 0. The minimum absolute atomic E-state index is 0.769. The van der Waals surface area contributed by atoms with Crippen LogP contribution in [0.4, 0.5) is 0 Å². The van der Waals surface area contributed by atoms with Crippen LogP contribution in [0.5, 0.6) is 0 Å². The molecule has 0 heterocycles. The minimum atomic E-state index is -0.769. The third-order valence-electron chi connectivity index (χ3n) is 0.859. The Morgan fingerprint density at radius 3 is 1.75 bits per heavy atom. The van der Waals surface area contributed by atoms with E-state index in [2.05, 4.69) is 0 Å².